The van der Waals surface area contributed by atoms with Crippen molar-refractivity contribution in [1.82, 2.24) is 10.2 Å². The summed E-state index contributed by atoms with van der Waals surface area (Å²) >= 11 is 6.88. The first kappa shape index (κ1) is 17.4. The molecule has 5 nitrogen and oxygen atoms in total. The second kappa shape index (κ2) is 7.62. The highest BCUT2D eigenvalue weighted by molar-refractivity contribution is 7.99. The van der Waals surface area contributed by atoms with Gasteiger partial charge >= 0.3 is 0 Å². The number of benzene rings is 2. The summed E-state index contributed by atoms with van der Waals surface area (Å²) in [6.07, 6.45) is 0. The Hall–Kier alpha value is -2.45. The van der Waals surface area contributed by atoms with Crippen molar-refractivity contribution < 1.29 is 18.0 Å². The van der Waals surface area contributed by atoms with Crippen LogP contribution < -0.4 is 5.32 Å². The molecule has 25 heavy (non-hydrogen) atoms. The van der Waals surface area contributed by atoms with Gasteiger partial charge in [-0.15, -0.1) is 10.2 Å². The number of amides is 1. The lowest BCUT2D eigenvalue weighted by Gasteiger charge is -2.05. The molecule has 0 radical (unpaired) electrons. The summed E-state index contributed by atoms with van der Waals surface area (Å²) in [5.41, 5.74) is 0.425. The van der Waals surface area contributed by atoms with Gasteiger partial charge in [-0.1, -0.05) is 29.4 Å². The molecule has 1 amide bonds. The van der Waals surface area contributed by atoms with E-state index in [4.69, 9.17) is 16.0 Å². The van der Waals surface area contributed by atoms with Crippen molar-refractivity contribution in [3.63, 3.8) is 0 Å². The number of carbonyl (C=O) groups is 1. The van der Waals surface area contributed by atoms with E-state index in [2.05, 4.69) is 15.5 Å². The smallest absolute Gasteiger partial charge is 0.277 e. The minimum Gasteiger partial charge on any atom is -0.411 e. The lowest BCUT2D eigenvalue weighted by Crippen LogP contribution is -2.15. The van der Waals surface area contributed by atoms with E-state index in [1.54, 1.807) is 24.3 Å². The Kier molecular flexibility index (Phi) is 5.30. The zero-order chi connectivity index (χ0) is 17.8. The average molecular weight is 382 g/mol. The second-order valence-electron chi connectivity index (χ2n) is 4.84. The summed E-state index contributed by atoms with van der Waals surface area (Å²) in [6.45, 7) is 0. The van der Waals surface area contributed by atoms with Crippen LogP contribution in [0.1, 0.15) is 0 Å². The molecule has 0 bridgehead atoms. The van der Waals surface area contributed by atoms with Gasteiger partial charge in [-0.25, -0.2) is 8.78 Å². The van der Waals surface area contributed by atoms with Gasteiger partial charge in [0.25, 0.3) is 5.22 Å². The number of thioether (sulfide) groups is 1. The van der Waals surface area contributed by atoms with Crippen molar-refractivity contribution in [1.29, 1.82) is 0 Å². The van der Waals surface area contributed by atoms with Gasteiger partial charge in [0.2, 0.25) is 11.8 Å². The first-order chi connectivity index (χ1) is 12.0. The predicted molar refractivity (Wildman–Crippen MR) is 90.5 cm³/mol. The fourth-order valence-electron chi connectivity index (χ4n) is 1.91. The molecular weight excluding hydrogens is 372 g/mol. The molecule has 1 N–H and O–H groups in total. The van der Waals surface area contributed by atoms with Gasteiger partial charge in [-0.05, 0) is 30.3 Å². The Bertz CT molecular complexity index is 920. The molecule has 0 aliphatic heterocycles. The molecule has 0 spiro atoms. The quantitative estimate of drug-likeness (QED) is 0.663. The highest BCUT2D eigenvalue weighted by Gasteiger charge is 2.13. The van der Waals surface area contributed by atoms with Crippen molar-refractivity contribution >= 4 is 35.0 Å². The van der Waals surface area contributed by atoms with E-state index < -0.39 is 17.5 Å². The molecule has 128 valence electrons. The van der Waals surface area contributed by atoms with E-state index in [1.807, 2.05) is 0 Å². The zero-order valence-electron chi connectivity index (χ0n) is 12.5. The maximum atomic E-state index is 13.5. The van der Waals surface area contributed by atoms with Gasteiger partial charge in [0.1, 0.15) is 11.6 Å². The van der Waals surface area contributed by atoms with E-state index in [0.717, 1.165) is 30.0 Å². The highest BCUT2D eigenvalue weighted by atomic mass is 35.5. The van der Waals surface area contributed by atoms with Gasteiger partial charge in [-0.3, -0.25) is 4.79 Å². The van der Waals surface area contributed by atoms with Gasteiger partial charge < -0.3 is 9.73 Å². The van der Waals surface area contributed by atoms with Crippen LogP contribution in [-0.4, -0.2) is 21.9 Å². The second-order valence-corrected chi connectivity index (χ2v) is 6.21. The number of nitrogens with one attached hydrogen (secondary N) is 1. The SMILES string of the molecule is O=C(CSc1nnc(-c2cccc(Cl)c2)o1)Nc1cc(F)ccc1F. The molecule has 0 saturated carbocycles. The highest BCUT2D eigenvalue weighted by Crippen LogP contribution is 2.25. The molecule has 1 aromatic heterocycles. The van der Waals surface area contributed by atoms with Crippen LogP contribution in [0, 0.1) is 11.6 Å². The lowest BCUT2D eigenvalue weighted by molar-refractivity contribution is -0.113. The molecule has 0 fully saturated rings. The summed E-state index contributed by atoms with van der Waals surface area (Å²) in [5, 5.41) is 10.7. The Labute approximate surface area is 150 Å². The normalized spacial score (nSPS) is 10.7. The molecule has 0 saturated heterocycles. The molecule has 3 rings (SSSR count). The number of halogens is 3. The van der Waals surface area contributed by atoms with Crippen molar-refractivity contribution in [2.45, 2.75) is 5.22 Å². The van der Waals surface area contributed by atoms with E-state index >= 15 is 0 Å². The molecule has 0 aliphatic carbocycles. The van der Waals surface area contributed by atoms with Crippen molar-refractivity contribution in [2.75, 3.05) is 11.1 Å². The van der Waals surface area contributed by atoms with Crippen molar-refractivity contribution in [3.8, 4) is 11.5 Å². The third-order valence-corrected chi connectivity index (χ3v) is 4.06. The number of hydrogen-bond donors (Lipinski definition) is 1. The minimum absolute atomic E-state index is 0.104. The number of aromatic nitrogens is 2. The topological polar surface area (TPSA) is 68.0 Å². The summed E-state index contributed by atoms with van der Waals surface area (Å²) in [6, 6.07) is 9.70. The molecule has 2 aromatic carbocycles. The summed E-state index contributed by atoms with van der Waals surface area (Å²) < 4.78 is 32.0. The van der Waals surface area contributed by atoms with E-state index in [-0.39, 0.29) is 22.6 Å². The van der Waals surface area contributed by atoms with Gasteiger partial charge in [0, 0.05) is 16.7 Å². The number of anilines is 1. The Morgan fingerprint density at radius 1 is 1.20 bits per heavy atom. The third kappa shape index (κ3) is 4.55. The fourth-order valence-corrected chi connectivity index (χ4v) is 2.67. The zero-order valence-corrected chi connectivity index (χ0v) is 14.1. The largest absolute Gasteiger partial charge is 0.411 e. The lowest BCUT2D eigenvalue weighted by atomic mass is 10.2. The van der Waals surface area contributed by atoms with Crippen LogP contribution in [0.15, 0.2) is 52.1 Å². The number of rotatable bonds is 5. The number of nitrogens with zero attached hydrogens (tertiary/aromatic N) is 2. The average Bonchev–Trinajstić information content (AvgIpc) is 3.05. The Morgan fingerprint density at radius 2 is 2.04 bits per heavy atom. The van der Waals surface area contributed by atoms with E-state index in [1.165, 1.54) is 0 Å². The molecular formula is C16H10ClF2N3O2S. The number of hydrogen-bond acceptors (Lipinski definition) is 5. The van der Waals surface area contributed by atoms with Gasteiger partial charge in [-0.2, -0.15) is 0 Å². The molecule has 0 aliphatic rings. The fraction of sp³-hybridized carbons (Fsp3) is 0.0625. The molecule has 3 aromatic rings. The van der Waals surface area contributed by atoms with Crippen LogP contribution in [0.3, 0.4) is 0 Å². The minimum atomic E-state index is -0.721. The summed E-state index contributed by atoms with van der Waals surface area (Å²) in [7, 11) is 0. The van der Waals surface area contributed by atoms with Crippen molar-refractivity contribution in [3.05, 3.63) is 59.1 Å². The Morgan fingerprint density at radius 3 is 2.84 bits per heavy atom. The van der Waals surface area contributed by atoms with Crippen LogP contribution in [-0.2, 0) is 4.79 Å². The predicted octanol–water partition coefficient (Wildman–Crippen LogP) is 4.40. The van der Waals surface area contributed by atoms with Crippen LogP contribution in [0.4, 0.5) is 14.5 Å². The van der Waals surface area contributed by atoms with Crippen molar-refractivity contribution in [2.24, 2.45) is 0 Å². The van der Waals surface area contributed by atoms with Crippen LogP contribution in [0.2, 0.25) is 5.02 Å². The number of carbonyl (C=O) groups excluding carboxylic acids is 1. The standard InChI is InChI=1S/C16H10ClF2N3O2S/c17-10-3-1-2-9(6-10)15-21-22-16(24-15)25-8-14(23)20-13-7-11(18)4-5-12(13)19/h1-7H,8H2,(H,20,23). The Balaban J connectivity index is 1.60. The van der Waals surface area contributed by atoms with Crippen LogP contribution in [0.25, 0.3) is 11.5 Å². The molecule has 0 atom stereocenters. The maximum absolute atomic E-state index is 13.5. The summed E-state index contributed by atoms with van der Waals surface area (Å²) in [5.74, 6) is -1.74. The maximum Gasteiger partial charge on any atom is 0.277 e. The molecule has 9 heteroatoms. The molecule has 1 heterocycles. The molecule has 0 unspecified atom stereocenters. The monoisotopic (exact) mass is 381 g/mol. The van der Waals surface area contributed by atoms with Gasteiger partial charge in [0.05, 0.1) is 11.4 Å². The van der Waals surface area contributed by atoms with Crippen LogP contribution in [0.5, 0.6) is 0 Å². The summed E-state index contributed by atoms with van der Waals surface area (Å²) in [4.78, 5) is 11.8. The third-order valence-electron chi connectivity index (χ3n) is 3.01. The first-order valence-corrected chi connectivity index (χ1v) is 8.35. The first-order valence-electron chi connectivity index (χ1n) is 6.98. The van der Waals surface area contributed by atoms with Crippen LogP contribution >= 0.6 is 23.4 Å². The van der Waals surface area contributed by atoms with E-state index in [9.17, 15) is 13.6 Å². The van der Waals surface area contributed by atoms with Gasteiger partial charge in [0.15, 0.2) is 0 Å². The van der Waals surface area contributed by atoms with E-state index in [0.29, 0.717) is 10.6 Å².